The molecule has 0 N–H and O–H groups in total. The zero-order valence-corrected chi connectivity index (χ0v) is 52.4. The van der Waals surface area contributed by atoms with Crippen LogP contribution in [0.15, 0.2) is 176 Å². The van der Waals surface area contributed by atoms with E-state index < -0.39 is 0 Å². The summed E-state index contributed by atoms with van der Waals surface area (Å²) in [5.41, 5.74) is 13.2. The Labute approximate surface area is 523 Å². The molecule has 90 heavy (non-hydrogen) atoms. The van der Waals surface area contributed by atoms with Crippen LogP contribution >= 0.6 is 11.6 Å². The predicted octanol–water partition coefficient (Wildman–Crippen LogP) is 8.34. The molecule has 14 rings (SSSR count). The molecule has 0 spiro atoms. The molecule has 0 aliphatic carbocycles. The summed E-state index contributed by atoms with van der Waals surface area (Å²) in [5.74, 6) is 5.42. The van der Waals surface area contributed by atoms with Gasteiger partial charge in [0.05, 0.1) is 5.02 Å². The number of benzene rings is 7. The van der Waals surface area contributed by atoms with Crippen molar-refractivity contribution in [3.63, 3.8) is 0 Å². The molecule has 0 radical (unpaired) electrons. The van der Waals surface area contributed by atoms with E-state index in [4.69, 9.17) is 11.6 Å². The monoisotopic (exact) mass is 1220 g/mol. The molecule has 0 aliphatic heterocycles. The highest BCUT2D eigenvalue weighted by Gasteiger charge is 2.11. The van der Waals surface area contributed by atoms with E-state index in [1.54, 1.807) is 39.8 Å². The lowest BCUT2D eigenvalue weighted by molar-refractivity contribution is 0.714. The van der Waals surface area contributed by atoms with E-state index >= 15 is 0 Å². The van der Waals surface area contributed by atoms with Crippen LogP contribution in [-0.2, 0) is 49.3 Å². The van der Waals surface area contributed by atoms with E-state index in [9.17, 15) is 0 Å². The molecule has 29 heteroatoms. The molecule has 0 bridgehead atoms. The first kappa shape index (κ1) is 64.3. The van der Waals surface area contributed by atoms with Gasteiger partial charge in [-0.25, -0.2) is 32.8 Å². The number of aromatic nitrogens is 28. The number of tetrazole rings is 7. The fourth-order valence-electron chi connectivity index (χ4n) is 8.13. The van der Waals surface area contributed by atoms with E-state index in [1.165, 1.54) is 27.8 Å². The highest BCUT2D eigenvalue weighted by atomic mass is 35.5. The number of halogens is 1. The Hall–Kier alpha value is -11.7. The van der Waals surface area contributed by atoms with Crippen LogP contribution in [0.2, 0.25) is 5.02 Å². The topological polar surface area (TPSA) is 305 Å². The van der Waals surface area contributed by atoms with Crippen molar-refractivity contribution in [2.45, 2.75) is 34.6 Å². The van der Waals surface area contributed by atoms with Crippen LogP contribution in [0.1, 0.15) is 27.8 Å². The van der Waals surface area contributed by atoms with Gasteiger partial charge >= 0.3 is 0 Å². The third kappa shape index (κ3) is 17.9. The molecule has 0 saturated carbocycles. The van der Waals surface area contributed by atoms with Crippen LogP contribution in [0.5, 0.6) is 0 Å². The normalized spacial score (nSPS) is 10.3. The van der Waals surface area contributed by atoms with E-state index in [1.807, 2.05) is 219 Å². The Morgan fingerprint density at radius 3 is 0.744 bits per heavy atom. The number of rotatable bonds is 7. The van der Waals surface area contributed by atoms with Crippen molar-refractivity contribution < 1.29 is 0 Å². The molecule has 0 aliphatic rings. The maximum absolute atomic E-state index is 5.98. The average Bonchev–Trinajstić information content (AvgIpc) is 2.44. The van der Waals surface area contributed by atoms with Crippen LogP contribution in [0.25, 0.3) is 79.7 Å². The molecule has 0 saturated heterocycles. The molecule has 7 aromatic heterocycles. The zero-order chi connectivity index (χ0) is 63.9. The lowest BCUT2D eigenvalue weighted by Crippen LogP contribution is -1.94. The van der Waals surface area contributed by atoms with Crippen molar-refractivity contribution in [2.75, 3.05) is 0 Å². The lowest BCUT2D eigenvalue weighted by Gasteiger charge is -2.00. The first-order valence-electron chi connectivity index (χ1n) is 27.7. The SMILES string of the molecule is Cc1ccc(-c2nnnn2C)cc1.Cc1ccc(-c2nnnn2C)cc1.Cc1ccc(-c2nnnn2C)cc1.Cc1ccc(-c2nnnn2C)cc1.Cc1cccc(-c2nnnn2C)c1.Cn1nnnc1-c1ccccc1.Cn1nnnc1-c1ccccc1Cl. The Balaban J connectivity index is 0.000000136. The van der Waals surface area contributed by atoms with E-state index in [0.29, 0.717) is 10.8 Å². The Morgan fingerprint density at radius 1 is 0.233 bits per heavy atom. The van der Waals surface area contributed by atoms with Gasteiger partial charge in [-0.1, -0.05) is 197 Å². The van der Waals surface area contributed by atoms with Crippen LogP contribution in [0.3, 0.4) is 0 Å². The quantitative estimate of drug-likeness (QED) is 0.145. The first-order valence-corrected chi connectivity index (χ1v) is 28.1. The highest BCUT2D eigenvalue weighted by molar-refractivity contribution is 6.33. The Kier molecular flexibility index (Phi) is 22.6. The van der Waals surface area contributed by atoms with Gasteiger partial charge in [0.15, 0.2) is 40.8 Å². The van der Waals surface area contributed by atoms with Gasteiger partial charge in [0, 0.05) is 88.3 Å². The van der Waals surface area contributed by atoms with Crippen molar-refractivity contribution in [3.8, 4) is 79.7 Å². The van der Waals surface area contributed by atoms with Gasteiger partial charge < -0.3 is 0 Å². The smallest absolute Gasteiger partial charge is 0.183 e. The molecule has 7 aromatic carbocycles. The summed E-state index contributed by atoms with van der Waals surface area (Å²) in [6.07, 6.45) is 0. The highest BCUT2D eigenvalue weighted by Crippen LogP contribution is 2.25. The minimum absolute atomic E-state index is 0.653. The van der Waals surface area contributed by atoms with Crippen molar-refractivity contribution in [3.05, 3.63) is 209 Å². The van der Waals surface area contributed by atoms with Crippen molar-refractivity contribution in [2.24, 2.45) is 49.3 Å². The van der Waals surface area contributed by atoms with Crippen molar-refractivity contribution >= 4 is 11.6 Å². The van der Waals surface area contributed by atoms with Gasteiger partial charge in [-0.2, -0.15) is 0 Å². The number of nitrogens with zero attached hydrogens (tertiary/aromatic N) is 28. The van der Waals surface area contributed by atoms with Gasteiger partial charge in [-0.05, 0) is 126 Å². The number of hydrogen-bond acceptors (Lipinski definition) is 21. The van der Waals surface area contributed by atoms with Crippen LogP contribution < -0.4 is 0 Å². The second-order valence-electron chi connectivity index (χ2n) is 20.1. The second kappa shape index (κ2) is 31.6. The maximum atomic E-state index is 5.98. The molecule has 0 unspecified atom stereocenters. The Morgan fingerprint density at radius 2 is 0.478 bits per heavy atom. The van der Waals surface area contributed by atoms with Crippen LogP contribution in [0.4, 0.5) is 0 Å². The molecule has 7 heterocycles. The fraction of sp³-hybridized carbons (Fsp3) is 0.197. The molecular formula is C61H65ClN28. The summed E-state index contributed by atoms with van der Waals surface area (Å²) in [6, 6.07) is 57.9. The van der Waals surface area contributed by atoms with Gasteiger partial charge in [-0.3, -0.25) is 0 Å². The minimum Gasteiger partial charge on any atom is -0.229 e. The van der Waals surface area contributed by atoms with Gasteiger partial charge in [0.2, 0.25) is 0 Å². The summed E-state index contributed by atoms with van der Waals surface area (Å²) in [6.45, 7) is 10.3. The van der Waals surface area contributed by atoms with Gasteiger partial charge in [0.25, 0.3) is 0 Å². The molecule has 456 valence electrons. The molecule has 0 fully saturated rings. The first-order chi connectivity index (χ1) is 43.5. The molecule has 28 nitrogen and oxygen atoms in total. The van der Waals surface area contributed by atoms with E-state index in [-0.39, 0.29) is 0 Å². The minimum atomic E-state index is 0.653. The van der Waals surface area contributed by atoms with Crippen LogP contribution in [0, 0.1) is 34.6 Å². The fourth-order valence-corrected chi connectivity index (χ4v) is 8.35. The van der Waals surface area contributed by atoms with E-state index in [0.717, 1.165) is 73.9 Å². The van der Waals surface area contributed by atoms with Crippen LogP contribution in [-0.4, -0.2) is 141 Å². The molecule has 0 amide bonds. The summed E-state index contributed by atoms with van der Waals surface area (Å²) in [7, 11) is 12.7. The predicted molar refractivity (Wildman–Crippen MR) is 338 cm³/mol. The summed E-state index contributed by atoms with van der Waals surface area (Å²) < 4.78 is 11.5. The summed E-state index contributed by atoms with van der Waals surface area (Å²) in [5, 5.41) is 79.4. The van der Waals surface area contributed by atoms with Crippen molar-refractivity contribution in [1.29, 1.82) is 0 Å². The maximum Gasteiger partial charge on any atom is 0.183 e. The standard InChI is InChI=1S/5C9H10N4.C8H7ClN4.C8H8N4/c4*1-7-3-5-8(6-4-7)9-10-11-12-13(9)2;1-7-4-3-5-8(6-7)9-10-11-12-13(9)2;1-13-8(10-11-12-13)6-4-2-3-5-7(6)9;1-12-8(9-10-11-12)7-5-3-2-4-6-7/h5*3-6H,1-2H3;2-5H,1H3;2-6H,1H3. The van der Waals surface area contributed by atoms with Crippen molar-refractivity contribution in [1.82, 2.24) is 141 Å². The third-order valence-corrected chi connectivity index (χ3v) is 13.3. The second-order valence-corrected chi connectivity index (χ2v) is 20.5. The Bertz CT molecular complexity index is 4080. The number of aryl methyl sites for hydroxylation is 12. The summed E-state index contributed by atoms with van der Waals surface area (Å²) in [4.78, 5) is 0. The molecule has 0 atom stereocenters. The molecule has 14 aromatic rings. The molecular weight excluding hydrogens is 1160 g/mol. The summed E-state index contributed by atoms with van der Waals surface area (Å²) >= 11 is 5.98. The largest absolute Gasteiger partial charge is 0.229 e. The number of hydrogen-bond donors (Lipinski definition) is 0. The lowest BCUT2D eigenvalue weighted by atomic mass is 10.1. The van der Waals surface area contributed by atoms with Gasteiger partial charge in [-0.15, -0.1) is 35.7 Å². The average molecular weight is 1230 g/mol. The van der Waals surface area contributed by atoms with Gasteiger partial charge in [0.1, 0.15) is 0 Å². The van der Waals surface area contributed by atoms with E-state index in [2.05, 4.69) is 142 Å². The third-order valence-electron chi connectivity index (χ3n) is 13.0. The zero-order valence-electron chi connectivity index (χ0n) is 51.6.